The number of carbonyl (C=O) groups is 1. The van der Waals surface area contributed by atoms with Gasteiger partial charge < -0.3 is 4.84 Å². The summed E-state index contributed by atoms with van der Waals surface area (Å²) in [5.41, 5.74) is 0. The summed E-state index contributed by atoms with van der Waals surface area (Å²) in [6.45, 7) is 4.22. The Balaban J connectivity index is 2.25. The summed E-state index contributed by atoms with van der Waals surface area (Å²) < 4.78 is 0. The summed E-state index contributed by atoms with van der Waals surface area (Å²) in [7, 11) is 0. The number of hydrogen-bond donors (Lipinski definition) is 0. The van der Waals surface area contributed by atoms with Crippen molar-refractivity contribution < 1.29 is 9.63 Å². The van der Waals surface area contributed by atoms with Gasteiger partial charge in [0.1, 0.15) is 0 Å². The second kappa shape index (κ2) is 3.01. The minimum atomic E-state index is -0.214. The van der Waals surface area contributed by atoms with Crippen molar-refractivity contribution in [2.24, 2.45) is 0 Å². The van der Waals surface area contributed by atoms with E-state index in [1.807, 2.05) is 6.92 Å². The molecule has 0 aromatic carbocycles. The van der Waals surface area contributed by atoms with Crippen LogP contribution in [0.3, 0.4) is 0 Å². The highest BCUT2D eigenvalue weighted by molar-refractivity contribution is 5.65. The topological polar surface area (TPSA) is 29.5 Å². The lowest BCUT2D eigenvalue weighted by Crippen LogP contribution is -2.27. The fourth-order valence-electron chi connectivity index (χ4n) is 0.925. The molecule has 0 atom stereocenters. The second-order valence-corrected chi connectivity index (χ2v) is 2.55. The Morgan fingerprint density at radius 2 is 2.30 bits per heavy atom. The van der Waals surface area contributed by atoms with Crippen molar-refractivity contribution in [1.29, 1.82) is 0 Å². The minimum Gasteiger partial charge on any atom is -0.368 e. The van der Waals surface area contributed by atoms with E-state index in [0.29, 0.717) is 6.04 Å². The predicted octanol–water partition coefficient (Wildman–Crippen LogP) is 0.949. The highest BCUT2D eigenvalue weighted by Gasteiger charge is 2.30. The maximum atomic E-state index is 10.5. The number of carbonyl (C=O) groups excluding carboxylic acids is 1. The standard InChI is InChI=1S/C7H13NO2/c1-3-8(7-4-5-7)10-6(2)9/h7H,3-5H2,1-2H3. The third-order valence-electron chi connectivity index (χ3n) is 1.51. The van der Waals surface area contributed by atoms with Gasteiger partial charge in [-0.2, -0.15) is 0 Å². The maximum absolute atomic E-state index is 10.5. The smallest absolute Gasteiger partial charge is 0.322 e. The predicted molar refractivity (Wildman–Crippen MR) is 37.2 cm³/mol. The van der Waals surface area contributed by atoms with Crippen molar-refractivity contribution in [2.45, 2.75) is 32.7 Å². The first-order chi connectivity index (χ1) is 4.74. The average Bonchev–Trinajstić information content (AvgIpc) is 2.63. The van der Waals surface area contributed by atoms with Crippen LogP contribution in [-0.2, 0) is 9.63 Å². The Morgan fingerprint density at radius 3 is 2.60 bits per heavy atom. The van der Waals surface area contributed by atoms with Crippen LogP contribution >= 0.6 is 0 Å². The van der Waals surface area contributed by atoms with Gasteiger partial charge in [0.05, 0.1) is 0 Å². The Labute approximate surface area is 60.9 Å². The average molecular weight is 143 g/mol. The van der Waals surface area contributed by atoms with Crippen LogP contribution in [0.15, 0.2) is 0 Å². The van der Waals surface area contributed by atoms with Crippen LogP contribution in [0.5, 0.6) is 0 Å². The van der Waals surface area contributed by atoms with E-state index in [9.17, 15) is 4.79 Å². The van der Waals surface area contributed by atoms with Gasteiger partial charge in [0.15, 0.2) is 0 Å². The highest BCUT2D eigenvalue weighted by atomic mass is 16.7. The first kappa shape index (κ1) is 7.54. The third kappa shape index (κ3) is 1.99. The summed E-state index contributed by atoms with van der Waals surface area (Å²) in [6.07, 6.45) is 2.34. The summed E-state index contributed by atoms with van der Waals surface area (Å²) in [4.78, 5) is 15.4. The molecule has 1 rings (SSSR count). The van der Waals surface area contributed by atoms with Crippen molar-refractivity contribution >= 4 is 5.97 Å². The van der Waals surface area contributed by atoms with Crippen molar-refractivity contribution in [3.63, 3.8) is 0 Å². The van der Waals surface area contributed by atoms with E-state index >= 15 is 0 Å². The molecule has 3 nitrogen and oxygen atoms in total. The van der Waals surface area contributed by atoms with Crippen LogP contribution in [0.2, 0.25) is 0 Å². The number of nitrogens with zero attached hydrogens (tertiary/aromatic N) is 1. The fourth-order valence-corrected chi connectivity index (χ4v) is 0.925. The van der Waals surface area contributed by atoms with Gasteiger partial charge in [-0.1, -0.05) is 0 Å². The minimum absolute atomic E-state index is 0.214. The molecule has 1 saturated carbocycles. The van der Waals surface area contributed by atoms with Crippen LogP contribution in [0.1, 0.15) is 26.7 Å². The van der Waals surface area contributed by atoms with Crippen molar-refractivity contribution in [1.82, 2.24) is 5.06 Å². The van der Waals surface area contributed by atoms with Crippen molar-refractivity contribution in [2.75, 3.05) is 6.54 Å². The van der Waals surface area contributed by atoms with Crippen molar-refractivity contribution in [3.8, 4) is 0 Å². The highest BCUT2D eigenvalue weighted by Crippen LogP contribution is 2.26. The molecule has 0 aromatic heterocycles. The van der Waals surface area contributed by atoms with E-state index in [-0.39, 0.29) is 5.97 Å². The molecule has 0 radical (unpaired) electrons. The molecular weight excluding hydrogens is 130 g/mol. The van der Waals surface area contributed by atoms with E-state index in [2.05, 4.69) is 0 Å². The summed E-state index contributed by atoms with van der Waals surface area (Å²) in [6, 6.07) is 0.508. The quantitative estimate of drug-likeness (QED) is 0.551. The number of rotatable bonds is 3. The summed E-state index contributed by atoms with van der Waals surface area (Å²) in [5.74, 6) is -0.214. The Hall–Kier alpha value is -0.570. The summed E-state index contributed by atoms with van der Waals surface area (Å²) >= 11 is 0. The first-order valence-electron chi connectivity index (χ1n) is 3.69. The van der Waals surface area contributed by atoms with Gasteiger partial charge in [-0.25, -0.2) is 0 Å². The molecule has 10 heavy (non-hydrogen) atoms. The number of hydrogen-bond acceptors (Lipinski definition) is 3. The zero-order valence-corrected chi connectivity index (χ0v) is 6.46. The van der Waals surface area contributed by atoms with E-state index in [4.69, 9.17) is 4.84 Å². The van der Waals surface area contributed by atoms with E-state index in [1.54, 1.807) is 5.06 Å². The van der Waals surface area contributed by atoms with Crippen LogP contribution in [0.25, 0.3) is 0 Å². The van der Waals surface area contributed by atoms with Gasteiger partial charge in [-0.15, -0.1) is 5.06 Å². The molecule has 58 valence electrons. The van der Waals surface area contributed by atoms with Crippen LogP contribution in [-0.4, -0.2) is 23.6 Å². The maximum Gasteiger partial charge on any atom is 0.322 e. The molecule has 0 bridgehead atoms. The molecule has 0 N–H and O–H groups in total. The van der Waals surface area contributed by atoms with Gasteiger partial charge in [-0.05, 0) is 19.8 Å². The van der Waals surface area contributed by atoms with Crippen molar-refractivity contribution in [3.05, 3.63) is 0 Å². The lowest BCUT2D eigenvalue weighted by atomic mass is 10.6. The molecule has 1 aliphatic carbocycles. The molecule has 0 aliphatic heterocycles. The molecule has 0 saturated heterocycles. The zero-order valence-electron chi connectivity index (χ0n) is 6.46. The third-order valence-corrected chi connectivity index (χ3v) is 1.51. The van der Waals surface area contributed by atoms with Crippen LogP contribution < -0.4 is 0 Å². The summed E-state index contributed by atoms with van der Waals surface area (Å²) in [5, 5.41) is 1.75. The molecule has 3 heteroatoms. The van der Waals surface area contributed by atoms with E-state index in [1.165, 1.54) is 19.8 Å². The molecule has 1 fully saturated rings. The normalized spacial score (nSPS) is 17.5. The van der Waals surface area contributed by atoms with Crippen LogP contribution in [0.4, 0.5) is 0 Å². The molecule has 0 heterocycles. The van der Waals surface area contributed by atoms with Crippen LogP contribution in [0, 0.1) is 0 Å². The van der Waals surface area contributed by atoms with Gasteiger partial charge in [0.25, 0.3) is 0 Å². The van der Waals surface area contributed by atoms with Gasteiger partial charge >= 0.3 is 5.97 Å². The Morgan fingerprint density at radius 1 is 1.70 bits per heavy atom. The van der Waals surface area contributed by atoms with Gasteiger partial charge in [-0.3, -0.25) is 4.79 Å². The Kier molecular flexibility index (Phi) is 2.27. The van der Waals surface area contributed by atoms with E-state index in [0.717, 1.165) is 6.54 Å². The largest absolute Gasteiger partial charge is 0.368 e. The SMILES string of the molecule is CCN(OC(C)=O)C1CC1. The zero-order chi connectivity index (χ0) is 7.56. The molecular formula is C7H13NO2. The molecule has 0 unspecified atom stereocenters. The molecule has 1 aliphatic rings. The Bertz CT molecular complexity index is 132. The monoisotopic (exact) mass is 143 g/mol. The molecule has 0 aromatic rings. The fraction of sp³-hybridized carbons (Fsp3) is 0.857. The second-order valence-electron chi connectivity index (χ2n) is 2.55. The molecule has 0 spiro atoms. The lowest BCUT2D eigenvalue weighted by Gasteiger charge is -2.16. The first-order valence-corrected chi connectivity index (χ1v) is 3.69. The number of hydroxylamine groups is 2. The lowest BCUT2D eigenvalue weighted by molar-refractivity contribution is -0.189. The molecule has 0 amide bonds. The van der Waals surface area contributed by atoms with E-state index < -0.39 is 0 Å². The van der Waals surface area contributed by atoms with Gasteiger partial charge in [0.2, 0.25) is 0 Å². The van der Waals surface area contributed by atoms with Gasteiger partial charge in [0, 0.05) is 19.5 Å².